The van der Waals surface area contributed by atoms with Gasteiger partial charge in [0.15, 0.2) is 11.5 Å². The summed E-state index contributed by atoms with van der Waals surface area (Å²) in [5.74, 6) is -1.51. The van der Waals surface area contributed by atoms with Gasteiger partial charge in [0.05, 0.1) is 19.1 Å². The molecule has 0 bridgehead atoms. The largest absolute Gasteiger partial charge is 0.461 e. The van der Waals surface area contributed by atoms with Gasteiger partial charge in [0.25, 0.3) is 0 Å². The van der Waals surface area contributed by atoms with Crippen LogP contribution in [0.3, 0.4) is 0 Å². The smallest absolute Gasteiger partial charge is 0.379 e. The molecule has 0 N–H and O–H groups in total. The molecular formula is C17H17NO6S2. The summed E-state index contributed by atoms with van der Waals surface area (Å²) >= 11 is 2.69. The van der Waals surface area contributed by atoms with Crippen LogP contribution in [0, 0.1) is 0 Å². The molecule has 7 nitrogen and oxygen atoms in total. The summed E-state index contributed by atoms with van der Waals surface area (Å²) in [6.07, 6.45) is 6.38. The number of ether oxygens (including phenoxy) is 2. The van der Waals surface area contributed by atoms with E-state index in [2.05, 4.69) is 4.99 Å². The maximum absolute atomic E-state index is 12.5. The van der Waals surface area contributed by atoms with Gasteiger partial charge >= 0.3 is 11.9 Å². The second-order valence-corrected chi connectivity index (χ2v) is 6.38. The number of thioether (sulfide) groups is 2. The van der Waals surface area contributed by atoms with Crippen molar-refractivity contribution in [3.63, 3.8) is 0 Å². The van der Waals surface area contributed by atoms with Crippen molar-refractivity contribution < 1.29 is 27.9 Å². The topological polar surface area (TPSA) is 91.2 Å². The van der Waals surface area contributed by atoms with Gasteiger partial charge in [-0.3, -0.25) is 0 Å². The molecule has 2 aromatic rings. The van der Waals surface area contributed by atoms with Gasteiger partial charge in [-0.15, -0.1) is 23.5 Å². The van der Waals surface area contributed by atoms with Gasteiger partial charge in [-0.25, -0.2) is 14.6 Å². The van der Waals surface area contributed by atoms with Crippen molar-refractivity contribution in [3.05, 3.63) is 54.0 Å². The first kappa shape index (κ1) is 19.9. The van der Waals surface area contributed by atoms with Crippen LogP contribution in [-0.4, -0.2) is 35.4 Å². The fourth-order valence-electron chi connectivity index (χ4n) is 1.82. The Bertz CT molecular complexity index is 787. The van der Waals surface area contributed by atoms with Gasteiger partial charge in [0, 0.05) is 0 Å². The van der Waals surface area contributed by atoms with E-state index in [1.165, 1.54) is 42.1 Å². The number of carbonyl (C=O) groups excluding carboxylic acids is 2. The Morgan fingerprint density at radius 1 is 1.08 bits per heavy atom. The van der Waals surface area contributed by atoms with Gasteiger partial charge in [-0.05, 0) is 43.7 Å². The minimum atomic E-state index is -0.784. The van der Waals surface area contributed by atoms with Crippen LogP contribution in [0.25, 0.3) is 5.76 Å². The zero-order valence-corrected chi connectivity index (χ0v) is 16.0. The third-order valence-electron chi connectivity index (χ3n) is 2.90. The number of furan rings is 2. The molecule has 0 aliphatic heterocycles. The predicted molar refractivity (Wildman–Crippen MR) is 101 cm³/mol. The first-order valence-corrected chi connectivity index (χ1v) is 9.93. The molecule has 9 heteroatoms. The van der Waals surface area contributed by atoms with Crippen LogP contribution >= 0.6 is 23.5 Å². The quantitative estimate of drug-likeness (QED) is 0.238. The van der Waals surface area contributed by atoms with E-state index in [-0.39, 0.29) is 29.6 Å². The van der Waals surface area contributed by atoms with Crippen LogP contribution in [0.2, 0.25) is 0 Å². The minimum Gasteiger partial charge on any atom is -0.461 e. The summed E-state index contributed by atoms with van der Waals surface area (Å²) in [5, 5.41) is 0. The lowest BCUT2D eigenvalue weighted by Crippen LogP contribution is -2.13. The molecule has 2 aromatic heterocycles. The molecule has 2 heterocycles. The fraction of sp³-hybridized carbons (Fsp3) is 0.235. The van der Waals surface area contributed by atoms with Crippen LogP contribution < -0.4 is 0 Å². The van der Waals surface area contributed by atoms with Crippen molar-refractivity contribution in [1.29, 1.82) is 0 Å². The summed E-state index contributed by atoms with van der Waals surface area (Å²) in [6, 6.07) is 6.16. The molecule has 0 aromatic carbocycles. The highest BCUT2D eigenvalue weighted by Gasteiger charge is 2.26. The second-order valence-electron chi connectivity index (χ2n) is 4.53. The number of carbonyl (C=O) groups is 2. The third-order valence-corrected chi connectivity index (χ3v) is 4.78. The Balaban J connectivity index is 2.55. The lowest BCUT2D eigenvalue weighted by atomic mass is 10.3. The van der Waals surface area contributed by atoms with E-state index >= 15 is 0 Å². The molecule has 0 atom stereocenters. The van der Waals surface area contributed by atoms with Crippen LogP contribution in [0.15, 0.2) is 56.3 Å². The molecule has 26 heavy (non-hydrogen) atoms. The first-order valence-electron chi connectivity index (χ1n) is 7.48. The van der Waals surface area contributed by atoms with Crippen molar-refractivity contribution >= 4 is 45.6 Å². The SMILES string of the molecule is CCOC(=O)/C(N=C(SC)SC)=C(/OC(=O)c1ccco1)c1ccco1. The van der Waals surface area contributed by atoms with Gasteiger partial charge in [0.1, 0.15) is 4.38 Å². The van der Waals surface area contributed by atoms with Crippen LogP contribution in [-0.2, 0) is 14.3 Å². The first-order chi connectivity index (χ1) is 12.6. The summed E-state index contributed by atoms with van der Waals surface area (Å²) in [6.45, 7) is 1.81. The van der Waals surface area contributed by atoms with Gasteiger partial charge in [-0.1, -0.05) is 0 Å². The normalized spacial score (nSPS) is 11.5. The molecule has 0 radical (unpaired) electrons. The number of hydrogen-bond donors (Lipinski definition) is 0. The van der Waals surface area contributed by atoms with Crippen LogP contribution in [0.1, 0.15) is 23.2 Å². The third kappa shape index (κ3) is 5.06. The van der Waals surface area contributed by atoms with Crippen molar-refractivity contribution in [1.82, 2.24) is 0 Å². The molecule has 0 spiro atoms. The Kier molecular flexibility index (Phi) is 7.61. The predicted octanol–water partition coefficient (Wildman–Crippen LogP) is 4.04. The summed E-state index contributed by atoms with van der Waals surface area (Å²) < 4.78 is 21.4. The highest BCUT2D eigenvalue weighted by atomic mass is 32.2. The van der Waals surface area contributed by atoms with E-state index in [0.29, 0.717) is 4.38 Å². The zero-order valence-electron chi connectivity index (χ0n) is 14.4. The van der Waals surface area contributed by atoms with Crippen molar-refractivity contribution in [2.75, 3.05) is 19.1 Å². The Morgan fingerprint density at radius 3 is 2.19 bits per heavy atom. The van der Waals surface area contributed by atoms with Crippen LogP contribution in [0.5, 0.6) is 0 Å². The number of nitrogens with zero attached hydrogens (tertiary/aromatic N) is 1. The molecule has 2 rings (SSSR count). The van der Waals surface area contributed by atoms with E-state index in [4.69, 9.17) is 18.3 Å². The number of esters is 2. The molecule has 0 amide bonds. The number of rotatable bonds is 6. The Hall–Kier alpha value is -2.39. The Labute approximate surface area is 158 Å². The van der Waals surface area contributed by atoms with Crippen molar-refractivity contribution in [2.24, 2.45) is 4.99 Å². The average molecular weight is 395 g/mol. The van der Waals surface area contributed by atoms with E-state index in [1.54, 1.807) is 25.1 Å². The average Bonchev–Trinajstić information content (AvgIpc) is 3.35. The number of aliphatic imine (C=N–C) groups is 1. The van der Waals surface area contributed by atoms with Crippen LogP contribution in [0.4, 0.5) is 0 Å². The highest BCUT2D eigenvalue weighted by molar-refractivity contribution is 8.38. The molecule has 138 valence electrons. The molecule has 0 fully saturated rings. The van der Waals surface area contributed by atoms with Gasteiger partial charge < -0.3 is 18.3 Å². The minimum absolute atomic E-state index is 0.0174. The lowest BCUT2D eigenvalue weighted by molar-refractivity contribution is -0.138. The van der Waals surface area contributed by atoms with E-state index in [1.807, 2.05) is 12.5 Å². The summed E-state index contributed by atoms with van der Waals surface area (Å²) in [7, 11) is 0. The monoisotopic (exact) mass is 395 g/mol. The van der Waals surface area contributed by atoms with Crippen molar-refractivity contribution in [3.8, 4) is 0 Å². The zero-order chi connectivity index (χ0) is 18.9. The standard InChI is InChI=1S/C17H17NO6S2/c1-4-21-16(20)13(18-17(25-2)26-3)14(11-7-5-9-22-11)24-15(19)12-8-6-10-23-12/h5-10H,4H2,1-3H3/b14-13-. The van der Waals surface area contributed by atoms with E-state index < -0.39 is 11.9 Å². The second kappa shape index (κ2) is 9.93. The summed E-state index contributed by atoms with van der Waals surface area (Å²) in [4.78, 5) is 29.1. The van der Waals surface area contributed by atoms with Crippen molar-refractivity contribution in [2.45, 2.75) is 6.92 Å². The van der Waals surface area contributed by atoms with E-state index in [0.717, 1.165) is 0 Å². The van der Waals surface area contributed by atoms with Gasteiger partial charge in [0.2, 0.25) is 11.5 Å². The summed E-state index contributed by atoms with van der Waals surface area (Å²) in [5.41, 5.74) is -0.166. The highest BCUT2D eigenvalue weighted by Crippen LogP contribution is 2.26. The van der Waals surface area contributed by atoms with E-state index in [9.17, 15) is 9.59 Å². The Morgan fingerprint density at radius 2 is 1.69 bits per heavy atom. The lowest BCUT2D eigenvalue weighted by Gasteiger charge is -2.10. The molecule has 0 unspecified atom stereocenters. The maximum atomic E-state index is 12.5. The molecule has 0 aliphatic carbocycles. The fourth-order valence-corrected chi connectivity index (χ4v) is 2.85. The molecule has 0 saturated carbocycles. The molecular weight excluding hydrogens is 378 g/mol. The maximum Gasteiger partial charge on any atom is 0.379 e. The van der Waals surface area contributed by atoms with Gasteiger partial charge in [-0.2, -0.15) is 0 Å². The molecule has 0 aliphatic rings. The molecule has 0 saturated heterocycles. The number of hydrogen-bond acceptors (Lipinski definition) is 9.